The van der Waals surface area contributed by atoms with E-state index in [2.05, 4.69) is 19.9 Å². The van der Waals surface area contributed by atoms with Crippen LogP contribution in [0.15, 0.2) is 43.1 Å². The van der Waals surface area contributed by atoms with E-state index in [4.69, 9.17) is 5.11 Å². The van der Waals surface area contributed by atoms with Crippen molar-refractivity contribution in [1.29, 1.82) is 0 Å². The number of rotatable bonds is 4. The van der Waals surface area contributed by atoms with Gasteiger partial charge in [-0.2, -0.15) is 0 Å². The Hall–Kier alpha value is -3.29. The van der Waals surface area contributed by atoms with Crippen LogP contribution in [0, 0.1) is 0 Å². The molecule has 3 aromatic heterocycles. The molecule has 2 N–H and O–H groups in total. The average Bonchev–Trinajstić information content (AvgIpc) is 3.17. The highest BCUT2D eigenvalue weighted by Crippen LogP contribution is 2.10. The van der Waals surface area contributed by atoms with E-state index in [1.165, 1.54) is 22.9 Å². The van der Waals surface area contributed by atoms with Crippen molar-refractivity contribution in [3.8, 4) is 5.95 Å². The number of hydrogen-bond acceptors (Lipinski definition) is 5. The summed E-state index contributed by atoms with van der Waals surface area (Å²) in [7, 11) is 0. The van der Waals surface area contributed by atoms with Crippen molar-refractivity contribution in [3.05, 3.63) is 60.2 Å². The Morgan fingerprint density at radius 3 is 2.62 bits per heavy atom. The summed E-state index contributed by atoms with van der Waals surface area (Å²) >= 11 is 0. The molecule has 0 aliphatic rings. The number of nitrogens with one attached hydrogen (secondary N) is 1. The predicted octanol–water partition coefficient (Wildman–Crippen LogP) is 0.920. The lowest BCUT2D eigenvalue weighted by Crippen LogP contribution is -2.12. The van der Waals surface area contributed by atoms with Gasteiger partial charge in [0, 0.05) is 31.0 Å². The summed E-state index contributed by atoms with van der Waals surface area (Å²) < 4.78 is 1.50. The number of hydrogen-bond donors (Lipinski definition) is 2. The largest absolute Gasteiger partial charge is 0.478 e. The highest BCUT2D eigenvalue weighted by atomic mass is 16.4. The van der Waals surface area contributed by atoms with E-state index in [0.717, 1.165) is 6.20 Å². The molecular weight excluding hydrogens is 274 g/mol. The van der Waals surface area contributed by atoms with Gasteiger partial charge in [0.25, 0.3) is 0 Å². The third-order valence-corrected chi connectivity index (χ3v) is 2.80. The van der Waals surface area contributed by atoms with Gasteiger partial charge in [0.2, 0.25) is 11.7 Å². The molecule has 0 radical (unpaired) electrons. The molecule has 0 fully saturated rings. The molecule has 8 heteroatoms. The highest BCUT2D eigenvalue weighted by molar-refractivity contribution is 6.05. The molecule has 3 rings (SSSR count). The Balaban J connectivity index is 1.96. The first-order valence-corrected chi connectivity index (χ1v) is 5.94. The Morgan fingerprint density at radius 1 is 1.14 bits per heavy atom. The second kappa shape index (κ2) is 5.00. The summed E-state index contributed by atoms with van der Waals surface area (Å²) in [6.07, 6.45) is 7.39. The monoisotopic (exact) mass is 283 g/mol. The second-order valence-electron chi connectivity index (χ2n) is 4.10. The van der Waals surface area contributed by atoms with Gasteiger partial charge in [0.1, 0.15) is 5.69 Å². The number of imidazole rings is 2. The van der Waals surface area contributed by atoms with Crippen LogP contribution in [0.2, 0.25) is 0 Å². The van der Waals surface area contributed by atoms with Crippen LogP contribution in [-0.4, -0.2) is 41.4 Å². The van der Waals surface area contributed by atoms with E-state index in [9.17, 15) is 9.59 Å². The molecule has 0 spiro atoms. The maximum absolute atomic E-state index is 12.4. The van der Waals surface area contributed by atoms with Crippen molar-refractivity contribution < 1.29 is 14.7 Å². The van der Waals surface area contributed by atoms with Crippen molar-refractivity contribution in [2.75, 3.05) is 0 Å². The molecule has 0 bridgehead atoms. The minimum Gasteiger partial charge on any atom is -0.478 e. The lowest BCUT2D eigenvalue weighted by Gasteiger charge is -2.03. The molecule has 0 atom stereocenters. The number of carboxylic acid groups (broad SMARTS) is 1. The third kappa shape index (κ3) is 2.29. The zero-order chi connectivity index (χ0) is 14.8. The van der Waals surface area contributed by atoms with Crippen molar-refractivity contribution in [2.45, 2.75) is 0 Å². The molecule has 0 saturated heterocycles. The number of aromatic amines is 1. The number of aromatic nitrogens is 5. The number of nitrogens with zero attached hydrogens (tertiary/aromatic N) is 4. The standard InChI is InChI=1S/C13H9N5O3/c19-10(9-2-1-8(7-17-9)12(20)21)11-14-5-6-18(11)13-15-3-4-16-13/h1-7H,(H,15,16)(H,20,21). The molecular formula is C13H9N5O3. The predicted molar refractivity (Wildman–Crippen MR) is 70.3 cm³/mol. The molecule has 21 heavy (non-hydrogen) atoms. The van der Waals surface area contributed by atoms with Gasteiger partial charge in [-0.25, -0.2) is 14.8 Å². The molecule has 0 saturated carbocycles. The minimum absolute atomic E-state index is 0.0147. The number of pyridine rings is 1. The van der Waals surface area contributed by atoms with Crippen molar-refractivity contribution >= 4 is 11.8 Å². The summed E-state index contributed by atoms with van der Waals surface area (Å²) in [6, 6.07) is 2.68. The lowest BCUT2D eigenvalue weighted by molar-refractivity contribution is 0.0696. The number of aromatic carboxylic acids is 1. The summed E-state index contributed by atoms with van der Waals surface area (Å²) in [6.45, 7) is 0. The number of ketones is 1. The van der Waals surface area contributed by atoms with Gasteiger partial charge in [-0.3, -0.25) is 14.3 Å². The summed E-state index contributed by atoms with van der Waals surface area (Å²) in [4.78, 5) is 37.9. The van der Waals surface area contributed by atoms with E-state index in [1.54, 1.807) is 18.6 Å². The van der Waals surface area contributed by atoms with Gasteiger partial charge in [0.15, 0.2) is 5.82 Å². The van der Waals surface area contributed by atoms with Crippen LogP contribution in [0.3, 0.4) is 0 Å². The third-order valence-electron chi connectivity index (χ3n) is 2.80. The fourth-order valence-corrected chi connectivity index (χ4v) is 1.80. The Labute approximate surface area is 118 Å². The first kappa shape index (κ1) is 12.7. The van der Waals surface area contributed by atoms with Crippen LogP contribution >= 0.6 is 0 Å². The molecule has 0 amide bonds. The molecule has 0 aliphatic heterocycles. The van der Waals surface area contributed by atoms with Crippen LogP contribution in [0.4, 0.5) is 0 Å². The van der Waals surface area contributed by atoms with Crippen LogP contribution in [0.5, 0.6) is 0 Å². The summed E-state index contributed by atoms with van der Waals surface area (Å²) in [5, 5.41) is 8.81. The van der Waals surface area contributed by atoms with Gasteiger partial charge < -0.3 is 10.1 Å². The van der Waals surface area contributed by atoms with Gasteiger partial charge in [-0.1, -0.05) is 0 Å². The average molecular weight is 283 g/mol. The van der Waals surface area contributed by atoms with Crippen LogP contribution in [0.1, 0.15) is 26.7 Å². The fourth-order valence-electron chi connectivity index (χ4n) is 1.80. The van der Waals surface area contributed by atoms with Crippen molar-refractivity contribution in [2.24, 2.45) is 0 Å². The molecule has 0 unspecified atom stereocenters. The lowest BCUT2D eigenvalue weighted by atomic mass is 10.2. The maximum Gasteiger partial charge on any atom is 0.337 e. The maximum atomic E-state index is 12.4. The zero-order valence-corrected chi connectivity index (χ0v) is 10.6. The van der Waals surface area contributed by atoms with E-state index >= 15 is 0 Å². The second-order valence-corrected chi connectivity index (χ2v) is 4.10. The topological polar surface area (TPSA) is 114 Å². The first-order chi connectivity index (χ1) is 10.2. The molecule has 104 valence electrons. The Morgan fingerprint density at radius 2 is 2.00 bits per heavy atom. The number of H-pyrrole nitrogens is 1. The fraction of sp³-hybridized carbons (Fsp3) is 0. The van der Waals surface area contributed by atoms with E-state index in [-0.39, 0.29) is 17.1 Å². The number of carbonyl (C=O) groups excluding carboxylic acids is 1. The zero-order valence-electron chi connectivity index (χ0n) is 10.6. The number of carboxylic acids is 1. The summed E-state index contributed by atoms with van der Waals surface area (Å²) in [5.41, 5.74) is 0.125. The van der Waals surface area contributed by atoms with Crippen LogP contribution in [0.25, 0.3) is 5.95 Å². The molecule has 3 aromatic rings. The molecule has 0 aliphatic carbocycles. The SMILES string of the molecule is O=C(O)c1ccc(C(=O)c2nccn2-c2ncc[nH]2)nc1. The number of carbonyl (C=O) groups is 2. The summed E-state index contributed by atoms with van der Waals surface area (Å²) in [5.74, 6) is -0.926. The molecule has 0 aromatic carbocycles. The normalized spacial score (nSPS) is 10.5. The molecule has 3 heterocycles. The quantitative estimate of drug-likeness (QED) is 0.688. The van der Waals surface area contributed by atoms with Gasteiger partial charge in [0.05, 0.1) is 5.56 Å². The smallest absolute Gasteiger partial charge is 0.337 e. The van der Waals surface area contributed by atoms with Crippen molar-refractivity contribution in [1.82, 2.24) is 24.5 Å². The first-order valence-electron chi connectivity index (χ1n) is 5.94. The Kier molecular flexibility index (Phi) is 3.03. The Bertz CT molecular complexity index is 790. The van der Waals surface area contributed by atoms with Gasteiger partial charge in [-0.05, 0) is 12.1 Å². The van der Waals surface area contributed by atoms with Crippen LogP contribution < -0.4 is 0 Å². The van der Waals surface area contributed by atoms with Gasteiger partial charge in [-0.15, -0.1) is 0 Å². The minimum atomic E-state index is -1.10. The highest BCUT2D eigenvalue weighted by Gasteiger charge is 2.18. The van der Waals surface area contributed by atoms with E-state index < -0.39 is 11.8 Å². The van der Waals surface area contributed by atoms with Crippen molar-refractivity contribution in [3.63, 3.8) is 0 Å². The van der Waals surface area contributed by atoms with Gasteiger partial charge >= 0.3 is 5.97 Å². The van der Waals surface area contributed by atoms with Crippen LogP contribution in [-0.2, 0) is 0 Å². The molecule has 8 nitrogen and oxygen atoms in total. The van der Waals surface area contributed by atoms with E-state index in [0.29, 0.717) is 5.95 Å². The van der Waals surface area contributed by atoms with E-state index in [1.807, 2.05) is 0 Å².